The normalized spacial score (nSPS) is 11.1. The topological polar surface area (TPSA) is 6.48 Å². The van der Waals surface area contributed by atoms with E-state index in [1.54, 1.807) is 0 Å². The second kappa shape index (κ2) is 14.9. The minimum absolute atomic E-state index is 0. The minimum Gasteiger partial charge on any atom is -0.548 e. The molecule has 2 nitrogen and oxygen atoms in total. The summed E-state index contributed by atoms with van der Waals surface area (Å²) in [6.45, 7) is 13.9. The van der Waals surface area contributed by atoms with Gasteiger partial charge in [0.2, 0.25) is 0 Å². The zero-order valence-corrected chi connectivity index (χ0v) is 23.2. The molecule has 0 bridgehead atoms. The molecule has 31 heavy (non-hydrogen) atoms. The van der Waals surface area contributed by atoms with E-state index in [9.17, 15) is 0 Å². The van der Waals surface area contributed by atoms with Gasteiger partial charge in [0.15, 0.2) is 0 Å². The third kappa shape index (κ3) is 7.49. The number of nitrogens with zero attached hydrogens (tertiary/aromatic N) is 2. The fourth-order valence-corrected chi connectivity index (χ4v) is 5.33. The molecule has 0 spiro atoms. The van der Waals surface area contributed by atoms with E-state index in [0.717, 1.165) is 0 Å². The van der Waals surface area contributed by atoms with Gasteiger partial charge in [0.1, 0.15) is 0 Å². The van der Waals surface area contributed by atoms with Gasteiger partial charge in [0.25, 0.3) is 0 Å². The monoisotopic (exact) mass is 432 g/mol. The summed E-state index contributed by atoms with van der Waals surface area (Å²) < 4.78 is 0. The predicted molar refractivity (Wildman–Crippen MR) is 150 cm³/mol. The quantitative estimate of drug-likeness (QED) is 0.352. The maximum atomic E-state index is 2.50. The van der Waals surface area contributed by atoms with Crippen LogP contribution in [-0.2, 0) is 0 Å². The van der Waals surface area contributed by atoms with Crippen molar-refractivity contribution >= 4 is 47.0 Å². The Bertz CT molecular complexity index is 611. The number of para-hydroxylation sites is 2. The van der Waals surface area contributed by atoms with Crippen LogP contribution in [-0.4, -0.2) is 49.7 Å². The molecule has 2 aromatic rings. The first-order chi connectivity index (χ1) is 14.4. The standard InChI is InChI=1S/2C13H23BN.Mg/c2*1-5-14(6-2,7-3)15(4)13-11-9-8-10-12-13;/h2*8-12H,5-7H2,1-4H3;/q2*-1;+2. The summed E-state index contributed by atoms with van der Waals surface area (Å²) in [5.41, 5.74) is 2.70. The number of hydrogen-bond donors (Lipinski definition) is 0. The molecule has 0 amide bonds. The summed E-state index contributed by atoms with van der Waals surface area (Å²) in [6.07, 6.45) is 6.82. The van der Waals surface area contributed by atoms with Crippen molar-refractivity contribution in [2.45, 2.75) is 79.5 Å². The largest absolute Gasteiger partial charge is 2.00 e. The molecule has 0 N–H and O–H groups in total. The molecular weight excluding hydrogens is 386 g/mol. The number of benzene rings is 2. The van der Waals surface area contributed by atoms with Crippen LogP contribution in [0.4, 0.5) is 11.4 Å². The molecule has 2 aromatic carbocycles. The van der Waals surface area contributed by atoms with E-state index in [1.807, 2.05) is 0 Å². The van der Waals surface area contributed by atoms with Gasteiger partial charge >= 0.3 is 23.1 Å². The van der Waals surface area contributed by atoms with Crippen LogP contribution in [0, 0.1) is 0 Å². The average Bonchev–Trinajstić information content (AvgIpc) is 2.83. The van der Waals surface area contributed by atoms with Crippen molar-refractivity contribution in [1.29, 1.82) is 0 Å². The van der Waals surface area contributed by atoms with Crippen LogP contribution in [0.3, 0.4) is 0 Å². The zero-order chi connectivity index (χ0) is 22.6. The Morgan fingerprint density at radius 3 is 0.903 bits per heavy atom. The van der Waals surface area contributed by atoms with E-state index in [1.165, 1.54) is 49.3 Å². The third-order valence-electron chi connectivity index (χ3n) is 8.53. The van der Waals surface area contributed by atoms with Crippen molar-refractivity contribution in [3.05, 3.63) is 60.7 Å². The maximum absolute atomic E-state index is 2.50. The van der Waals surface area contributed by atoms with E-state index in [-0.39, 0.29) is 35.6 Å². The second-order valence-corrected chi connectivity index (χ2v) is 9.17. The molecule has 5 heteroatoms. The van der Waals surface area contributed by atoms with Crippen LogP contribution < -0.4 is 9.62 Å². The summed E-state index contributed by atoms with van der Waals surface area (Å²) >= 11 is 0. The Morgan fingerprint density at radius 1 is 0.484 bits per heavy atom. The molecule has 0 unspecified atom stereocenters. The van der Waals surface area contributed by atoms with Crippen LogP contribution >= 0.6 is 0 Å². The molecule has 0 aliphatic heterocycles. The first-order valence-electron chi connectivity index (χ1n) is 12.4. The maximum Gasteiger partial charge on any atom is 2.00 e. The Kier molecular flexibility index (Phi) is 14.4. The van der Waals surface area contributed by atoms with Crippen LogP contribution in [0.5, 0.6) is 0 Å². The molecule has 0 saturated carbocycles. The molecule has 0 radical (unpaired) electrons. The van der Waals surface area contributed by atoms with Crippen molar-refractivity contribution in [1.82, 2.24) is 0 Å². The summed E-state index contributed by atoms with van der Waals surface area (Å²) in [5, 5.41) is 0. The van der Waals surface area contributed by atoms with E-state index in [2.05, 4.69) is 126 Å². The van der Waals surface area contributed by atoms with Gasteiger partial charge in [-0.2, -0.15) is 37.9 Å². The van der Waals surface area contributed by atoms with Crippen molar-refractivity contribution < 1.29 is 0 Å². The van der Waals surface area contributed by atoms with E-state index < -0.39 is 0 Å². The van der Waals surface area contributed by atoms with Gasteiger partial charge in [0.05, 0.1) is 12.6 Å². The van der Waals surface area contributed by atoms with Crippen molar-refractivity contribution in [3.63, 3.8) is 0 Å². The summed E-state index contributed by atoms with van der Waals surface area (Å²) in [6, 6.07) is 21.5. The Morgan fingerprint density at radius 2 is 0.710 bits per heavy atom. The molecule has 2 rings (SSSR count). The first kappa shape index (κ1) is 29.9. The van der Waals surface area contributed by atoms with Gasteiger partial charge in [-0.05, 0) is 49.7 Å². The number of hydrogen-bond acceptors (Lipinski definition) is 2. The molecular formula is C26H46B2MgN2. The molecule has 0 heterocycles. The molecule has 0 aliphatic carbocycles. The molecule has 0 saturated heterocycles. The fraction of sp³-hybridized carbons (Fsp3) is 0.538. The molecule has 0 aliphatic rings. The minimum atomic E-state index is -0.376. The summed E-state index contributed by atoms with van der Waals surface area (Å²) in [7, 11) is 4.48. The van der Waals surface area contributed by atoms with Crippen molar-refractivity contribution in [3.8, 4) is 0 Å². The first-order valence-corrected chi connectivity index (χ1v) is 12.4. The van der Waals surface area contributed by atoms with Crippen LogP contribution in [0.2, 0.25) is 37.9 Å². The summed E-state index contributed by atoms with van der Waals surface area (Å²) in [4.78, 5) is 5.00. The number of rotatable bonds is 10. The smallest absolute Gasteiger partial charge is 0.548 e. The van der Waals surface area contributed by atoms with Crippen LogP contribution in [0.25, 0.3) is 0 Å². The second-order valence-electron chi connectivity index (χ2n) is 9.17. The summed E-state index contributed by atoms with van der Waals surface area (Å²) in [5.74, 6) is 0. The Balaban J connectivity index is 0.000000562. The third-order valence-corrected chi connectivity index (χ3v) is 8.53. The van der Waals surface area contributed by atoms with Crippen molar-refractivity contribution in [2.75, 3.05) is 23.7 Å². The predicted octanol–water partition coefficient (Wildman–Crippen LogP) is 7.88. The van der Waals surface area contributed by atoms with Gasteiger partial charge in [0, 0.05) is 0 Å². The fourth-order valence-electron chi connectivity index (χ4n) is 5.33. The van der Waals surface area contributed by atoms with Crippen LogP contribution in [0.15, 0.2) is 60.7 Å². The van der Waals surface area contributed by atoms with E-state index >= 15 is 0 Å². The molecule has 168 valence electrons. The number of anilines is 2. The van der Waals surface area contributed by atoms with Gasteiger partial charge < -0.3 is 9.62 Å². The molecule has 0 aromatic heterocycles. The van der Waals surface area contributed by atoms with Crippen molar-refractivity contribution in [2.24, 2.45) is 0 Å². The van der Waals surface area contributed by atoms with E-state index in [0.29, 0.717) is 0 Å². The van der Waals surface area contributed by atoms with Gasteiger partial charge in [-0.25, -0.2) is 0 Å². The molecule has 0 fully saturated rings. The molecule has 0 atom stereocenters. The van der Waals surface area contributed by atoms with Gasteiger partial charge in [-0.15, -0.1) is 0 Å². The Labute approximate surface area is 210 Å². The Hall–Kier alpha value is -1.06. The van der Waals surface area contributed by atoms with Crippen LogP contribution in [0.1, 0.15) is 41.5 Å². The van der Waals surface area contributed by atoms with Gasteiger partial charge in [-0.1, -0.05) is 77.9 Å². The van der Waals surface area contributed by atoms with E-state index in [4.69, 9.17) is 0 Å². The van der Waals surface area contributed by atoms with Gasteiger partial charge in [-0.3, -0.25) is 0 Å². The average molecular weight is 433 g/mol. The zero-order valence-electron chi connectivity index (χ0n) is 21.8. The SMILES string of the molecule is CC[B-](CC)(CC)N(C)c1ccccc1.CC[B-](CC)(CC)N(C)c1ccccc1.[Mg+2].